The first kappa shape index (κ1) is 13.0. The second-order valence-electron chi connectivity index (χ2n) is 4.50. The number of rotatable bonds is 2. The lowest BCUT2D eigenvalue weighted by molar-refractivity contribution is 0.472. The van der Waals surface area contributed by atoms with Gasteiger partial charge >= 0.3 is 0 Å². The second-order valence-corrected chi connectivity index (χ2v) is 6.41. The summed E-state index contributed by atoms with van der Waals surface area (Å²) in [6.07, 6.45) is 0.689. The standard InChI is InChI=1S/C12H15N3O2S/c1-9-6-10(7-13)2-3-12(9)18(16,17)15-5-4-11(14)8-15/h2-3,6,11H,4-5,8,14H2,1H3/t11-/m1/s1. The van der Waals surface area contributed by atoms with Crippen molar-refractivity contribution in [2.75, 3.05) is 13.1 Å². The van der Waals surface area contributed by atoms with Crippen LogP contribution in [0.1, 0.15) is 17.5 Å². The highest BCUT2D eigenvalue weighted by Crippen LogP contribution is 2.23. The fourth-order valence-corrected chi connectivity index (χ4v) is 3.84. The average molecular weight is 265 g/mol. The Morgan fingerprint density at radius 1 is 1.50 bits per heavy atom. The van der Waals surface area contributed by atoms with Crippen LogP contribution >= 0.6 is 0 Å². The van der Waals surface area contributed by atoms with Crippen molar-refractivity contribution in [1.29, 1.82) is 5.26 Å². The van der Waals surface area contributed by atoms with E-state index in [1.165, 1.54) is 16.4 Å². The van der Waals surface area contributed by atoms with E-state index in [0.717, 1.165) is 0 Å². The zero-order chi connectivity index (χ0) is 13.3. The molecule has 1 aliphatic heterocycles. The molecule has 0 unspecified atom stereocenters. The summed E-state index contributed by atoms with van der Waals surface area (Å²) in [5.74, 6) is 0. The molecule has 18 heavy (non-hydrogen) atoms. The summed E-state index contributed by atoms with van der Waals surface area (Å²) in [4.78, 5) is 0.260. The Balaban J connectivity index is 2.39. The molecule has 1 aliphatic rings. The Morgan fingerprint density at radius 2 is 2.22 bits per heavy atom. The number of benzene rings is 1. The van der Waals surface area contributed by atoms with Crippen LogP contribution in [0.5, 0.6) is 0 Å². The molecule has 0 bridgehead atoms. The van der Waals surface area contributed by atoms with Gasteiger partial charge in [-0.2, -0.15) is 9.57 Å². The Labute approximate surface area is 107 Å². The zero-order valence-electron chi connectivity index (χ0n) is 10.1. The predicted octanol–water partition coefficient (Wildman–Crippen LogP) is 0.588. The van der Waals surface area contributed by atoms with Crippen molar-refractivity contribution in [3.63, 3.8) is 0 Å². The highest BCUT2D eigenvalue weighted by Gasteiger charge is 2.31. The number of hydrogen-bond donors (Lipinski definition) is 1. The van der Waals surface area contributed by atoms with Gasteiger partial charge in [-0.1, -0.05) is 0 Å². The third-order valence-electron chi connectivity index (χ3n) is 3.11. The van der Waals surface area contributed by atoms with Crippen LogP contribution in [0.25, 0.3) is 0 Å². The van der Waals surface area contributed by atoms with E-state index in [1.54, 1.807) is 13.0 Å². The van der Waals surface area contributed by atoms with Crippen molar-refractivity contribution in [1.82, 2.24) is 4.31 Å². The average Bonchev–Trinajstić information content (AvgIpc) is 2.76. The molecular formula is C12H15N3O2S. The molecule has 1 aromatic carbocycles. The molecule has 1 saturated heterocycles. The van der Waals surface area contributed by atoms with Crippen LogP contribution in [-0.4, -0.2) is 31.9 Å². The number of hydrogen-bond acceptors (Lipinski definition) is 4. The normalized spacial score (nSPS) is 20.8. The van der Waals surface area contributed by atoms with Gasteiger partial charge in [0, 0.05) is 19.1 Å². The van der Waals surface area contributed by atoms with Gasteiger partial charge in [-0.05, 0) is 37.1 Å². The van der Waals surface area contributed by atoms with E-state index in [-0.39, 0.29) is 10.9 Å². The highest BCUT2D eigenvalue weighted by atomic mass is 32.2. The van der Waals surface area contributed by atoms with Crippen LogP contribution in [0.4, 0.5) is 0 Å². The molecule has 2 N–H and O–H groups in total. The molecular weight excluding hydrogens is 250 g/mol. The van der Waals surface area contributed by atoms with Gasteiger partial charge in [-0.3, -0.25) is 0 Å². The van der Waals surface area contributed by atoms with Gasteiger partial charge in [0.2, 0.25) is 10.0 Å². The monoisotopic (exact) mass is 265 g/mol. The molecule has 6 heteroatoms. The molecule has 0 aromatic heterocycles. The fourth-order valence-electron chi connectivity index (χ4n) is 2.12. The lowest BCUT2D eigenvalue weighted by atomic mass is 10.2. The van der Waals surface area contributed by atoms with Gasteiger partial charge in [0.25, 0.3) is 0 Å². The van der Waals surface area contributed by atoms with Gasteiger partial charge in [0.15, 0.2) is 0 Å². The summed E-state index contributed by atoms with van der Waals surface area (Å²) in [5, 5.41) is 8.78. The van der Waals surface area contributed by atoms with E-state index in [9.17, 15) is 8.42 Å². The first-order chi connectivity index (χ1) is 8.45. The van der Waals surface area contributed by atoms with E-state index < -0.39 is 10.0 Å². The molecule has 0 radical (unpaired) electrons. The molecule has 2 rings (SSSR count). The van der Waals surface area contributed by atoms with Crippen molar-refractivity contribution < 1.29 is 8.42 Å². The van der Waals surface area contributed by atoms with E-state index in [2.05, 4.69) is 0 Å². The van der Waals surface area contributed by atoms with Crippen LogP contribution in [0.2, 0.25) is 0 Å². The summed E-state index contributed by atoms with van der Waals surface area (Å²) in [7, 11) is -3.48. The lowest BCUT2D eigenvalue weighted by Gasteiger charge is -2.17. The number of sulfonamides is 1. The minimum Gasteiger partial charge on any atom is -0.326 e. The van der Waals surface area contributed by atoms with Crippen molar-refractivity contribution in [3.05, 3.63) is 29.3 Å². The molecule has 1 heterocycles. The Morgan fingerprint density at radius 3 is 2.72 bits per heavy atom. The maximum atomic E-state index is 12.4. The first-order valence-electron chi connectivity index (χ1n) is 5.71. The Kier molecular flexibility index (Phi) is 3.39. The van der Waals surface area contributed by atoms with Gasteiger partial charge in [0.05, 0.1) is 16.5 Å². The molecule has 0 spiro atoms. The Bertz CT molecular complexity index is 604. The van der Waals surface area contributed by atoms with Crippen LogP contribution in [0.3, 0.4) is 0 Å². The van der Waals surface area contributed by atoms with E-state index >= 15 is 0 Å². The zero-order valence-corrected chi connectivity index (χ0v) is 10.9. The van der Waals surface area contributed by atoms with Crippen molar-refractivity contribution in [3.8, 4) is 6.07 Å². The van der Waals surface area contributed by atoms with E-state index in [0.29, 0.717) is 30.6 Å². The summed E-state index contributed by atoms with van der Waals surface area (Å²) < 4.78 is 26.2. The minimum atomic E-state index is -3.48. The molecule has 1 aromatic rings. The van der Waals surface area contributed by atoms with Gasteiger partial charge in [-0.25, -0.2) is 8.42 Å². The quantitative estimate of drug-likeness (QED) is 0.847. The third-order valence-corrected chi connectivity index (χ3v) is 5.13. The number of aryl methyl sites for hydroxylation is 1. The predicted molar refractivity (Wildman–Crippen MR) is 67.2 cm³/mol. The Hall–Kier alpha value is -1.42. The summed E-state index contributed by atoms with van der Waals surface area (Å²) in [6, 6.07) is 6.51. The summed E-state index contributed by atoms with van der Waals surface area (Å²) in [5.41, 5.74) is 6.79. The molecule has 0 aliphatic carbocycles. The SMILES string of the molecule is Cc1cc(C#N)ccc1S(=O)(=O)N1CC[C@@H](N)C1. The molecule has 1 atom stereocenters. The van der Waals surface area contributed by atoms with Crippen LogP contribution in [0, 0.1) is 18.3 Å². The van der Waals surface area contributed by atoms with E-state index in [4.69, 9.17) is 11.0 Å². The second kappa shape index (κ2) is 4.69. The van der Waals surface area contributed by atoms with Crippen LogP contribution in [0.15, 0.2) is 23.1 Å². The molecule has 96 valence electrons. The molecule has 1 fully saturated rings. The van der Waals surface area contributed by atoms with Crippen molar-refractivity contribution >= 4 is 10.0 Å². The van der Waals surface area contributed by atoms with Gasteiger partial charge in [-0.15, -0.1) is 0 Å². The van der Waals surface area contributed by atoms with Gasteiger partial charge < -0.3 is 5.73 Å². The van der Waals surface area contributed by atoms with Crippen molar-refractivity contribution in [2.45, 2.75) is 24.3 Å². The smallest absolute Gasteiger partial charge is 0.243 e. The first-order valence-corrected chi connectivity index (χ1v) is 7.15. The molecule has 0 saturated carbocycles. The maximum Gasteiger partial charge on any atom is 0.243 e. The molecule has 0 amide bonds. The number of nitrogens with zero attached hydrogens (tertiary/aromatic N) is 2. The number of nitrogens with two attached hydrogens (primary N) is 1. The molecule has 5 nitrogen and oxygen atoms in total. The van der Waals surface area contributed by atoms with Crippen LogP contribution < -0.4 is 5.73 Å². The van der Waals surface area contributed by atoms with Gasteiger partial charge in [0.1, 0.15) is 0 Å². The fraction of sp³-hybridized carbons (Fsp3) is 0.417. The minimum absolute atomic E-state index is 0.0848. The number of nitriles is 1. The van der Waals surface area contributed by atoms with Crippen molar-refractivity contribution in [2.24, 2.45) is 5.73 Å². The summed E-state index contributed by atoms with van der Waals surface area (Å²) in [6.45, 7) is 2.52. The highest BCUT2D eigenvalue weighted by molar-refractivity contribution is 7.89. The maximum absolute atomic E-state index is 12.4. The van der Waals surface area contributed by atoms with E-state index in [1.807, 2.05) is 6.07 Å². The largest absolute Gasteiger partial charge is 0.326 e. The van der Waals surface area contributed by atoms with Crippen LogP contribution in [-0.2, 0) is 10.0 Å². The summed E-state index contributed by atoms with van der Waals surface area (Å²) >= 11 is 0. The lowest BCUT2D eigenvalue weighted by Crippen LogP contribution is -2.32. The third kappa shape index (κ3) is 2.25. The topological polar surface area (TPSA) is 87.2 Å².